The third-order valence-electron chi connectivity index (χ3n) is 9.34. The maximum absolute atomic E-state index is 15.0. The number of halogens is 39. The van der Waals surface area contributed by atoms with Crippen LogP contribution in [-0.4, -0.2) is 185 Å². The van der Waals surface area contributed by atoms with Gasteiger partial charge in [-0.05, 0) is 6.42 Å². The smallest absolute Gasteiger partial charge is 0.396 e. The highest BCUT2D eigenvalue weighted by atomic mass is 19.4. The Balaban J connectivity index is 2.82. The fourth-order valence-electron chi connectivity index (χ4n) is 5.46. The molecule has 0 aromatic heterocycles. The number of esters is 2. The summed E-state index contributed by atoms with van der Waals surface area (Å²) in [6.45, 7) is -25.1. The summed E-state index contributed by atoms with van der Waals surface area (Å²) < 4.78 is 557. The van der Waals surface area contributed by atoms with Crippen LogP contribution in [0.5, 0.6) is 0 Å². The van der Waals surface area contributed by atoms with Gasteiger partial charge in [0, 0.05) is 6.42 Å². The van der Waals surface area contributed by atoms with Gasteiger partial charge in [0.2, 0.25) is 5.85 Å². The molecular formula is C36H29F39O12. The third-order valence-corrected chi connectivity index (χ3v) is 9.34. The summed E-state index contributed by atoms with van der Waals surface area (Å²) >= 11 is 0. The molecule has 0 bridgehead atoms. The monoisotopic (exact) mass is 1390 g/mol. The van der Waals surface area contributed by atoms with Gasteiger partial charge in [-0.3, -0.25) is 9.47 Å². The quantitative estimate of drug-likeness (QED) is 0.0438. The van der Waals surface area contributed by atoms with Crippen molar-refractivity contribution in [3.8, 4) is 0 Å². The van der Waals surface area contributed by atoms with Gasteiger partial charge in [0.05, 0.1) is 0 Å². The summed E-state index contributed by atoms with van der Waals surface area (Å²) in [4.78, 5) is 22.8. The molecule has 0 aliphatic heterocycles. The minimum absolute atomic E-state index is 0.984. The van der Waals surface area contributed by atoms with Gasteiger partial charge in [-0.1, -0.05) is 0 Å². The van der Waals surface area contributed by atoms with Crippen molar-refractivity contribution in [3.05, 3.63) is 0 Å². The van der Waals surface area contributed by atoms with E-state index in [9.17, 15) is 176 Å². The molecule has 87 heavy (non-hydrogen) atoms. The van der Waals surface area contributed by atoms with Crippen molar-refractivity contribution < 1.29 is 228 Å². The van der Waals surface area contributed by atoms with Crippen molar-refractivity contribution in [1.82, 2.24) is 0 Å². The van der Waals surface area contributed by atoms with Crippen LogP contribution in [0, 0.1) is 0 Å². The van der Waals surface area contributed by atoms with E-state index in [1.165, 1.54) is 0 Å². The minimum atomic E-state index is -7.21. The predicted octanol–water partition coefficient (Wildman–Crippen LogP) is 13.5. The van der Waals surface area contributed by atoms with Crippen LogP contribution in [-0.2, 0) is 57.0 Å². The fraction of sp³-hybridized carbons (Fsp3) is 0.944. The zero-order chi connectivity index (χ0) is 69.2. The van der Waals surface area contributed by atoms with E-state index in [1.54, 1.807) is 0 Å². The summed E-state index contributed by atoms with van der Waals surface area (Å²) in [7, 11) is 0. The van der Waals surface area contributed by atoms with Gasteiger partial charge in [0.15, 0.2) is 0 Å². The molecule has 1 aliphatic rings. The standard InChI is InChI=1S/C36H29F39O12/c37-18(38,3-25(50,51)84-16(76)31(62,35(70,71)72)82-11-23(46,47)33(64,65)66)7-78-13-29(58,59)86-27(54,55)5-20(41,42)9-80-15-1-2-22(15,45)81-10-21(43,44)6-28(56,57)87-30(60,61)14-79-8-19(39,40)4-26(52,53)85-17(77)32(63,36(73,74)75)83-12-24(48,49)34(67,68)69/h15H,1-14H2. The van der Waals surface area contributed by atoms with Gasteiger partial charge in [-0.25, -0.2) is 49.1 Å². The Kier molecular flexibility index (Phi) is 24.4. The van der Waals surface area contributed by atoms with Gasteiger partial charge in [0.25, 0.3) is 23.7 Å². The number of carbonyl (C=O) groups excluding carboxylic acids is 2. The van der Waals surface area contributed by atoms with Crippen molar-refractivity contribution in [2.45, 2.75) is 159 Å². The van der Waals surface area contributed by atoms with Crippen LogP contribution >= 0.6 is 0 Å². The molecule has 1 saturated carbocycles. The SMILES string of the molecule is O=C(OC(F)(F)CC(F)(F)COCC(F)(F)OC(F)(F)CC(F)(F)COC1CCC1(F)OCC(F)(F)CC(F)(F)OC(F)(F)COCC(F)(F)CC(F)(F)OC(=O)C(F)(OCC(F)(F)C(F)(F)F)C(F)(F)F)C(F)(OCC(F)(F)C(F)(F)F)C(F)(F)F. The van der Waals surface area contributed by atoms with Crippen LogP contribution in [0.1, 0.15) is 38.5 Å². The van der Waals surface area contributed by atoms with Crippen LogP contribution in [0.25, 0.3) is 0 Å². The number of carbonyl (C=O) groups is 2. The molecule has 518 valence electrons. The zero-order valence-electron chi connectivity index (χ0n) is 40.6. The molecule has 51 heteroatoms. The molecule has 0 amide bonds. The normalized spacial score (nSPS) is 19.8. The van der Waals surface area contributed by atoms with Gasteiger partial charge < -0.3 is 37.9 Å². The van der Waals surface area contributed by atoms with Crippen molar-refractivity contribution in [3.63, 3.8) is 0 Å². The van der Waals surface area contributed by atoms with Gasteiger partial charge in [0.1, 0.15) is 84.6 Å². The largest absolute Gasteiger partial charge is 0.460 e. The van der Waals surface area contributed by atoms with E-state index < -0.39 is 224 Å². The molecule has 1 aliphatic carbocycles. The molecule has 0 aromatic rings. The van der Waals surface area contributed by atoms with Gasteiger partial charge >= 0.3 is 96.9 Å². The van der Waals surface area contributed by atoms with E-state index in [1.807, 2.05) is 0 Å². The predicted molar refractivity (Wildman–Crippen MR) is 186 cm³/mol. The van der Waals surface area contributed by atoms with Crippen LogP contribution < -0.4 is 0 Å². The molecule has 1 fully saturated rings. The Morgan fingerprint density at radius 3 is 0.908 bits per heavy atom. The lowest BCUT2D eigenvalue weighted by atomic mass is 9.88. The highest BCUT2D eigenvalue weighted by molar-refractivity contribution is 5.79. The number of ether oxygens (including phenoxy) is 10. The van der Waals surface area contributed by atoms with E-state index in [4.69, 9.17) is 0 Å². The second-order valence-electron chi connectivity index (χ2n) is 17.5. The van der Waals surface area contributed by atoms with E-state index in [-0.39, 0.29) is 0 Å². The number of rotatable bonds is 36. The van der Waals surface area contributed by atoms with E-state index in [0.717, 1.165) is 0 Å². The molecule has 0 radical (unpaired) electrons. The molecule has 0 heterocycles. The highest BCUT2D eigenvalue weighted by Gasteiger charge is 2.72. The van der Waals surface area contributed by atoms with Crippen LogP contribution in [0.2, 0.25) is 0 Å². The van der Waals surface area contributed by atoms with Gasteiger partial charge in [-0.2, -0.15) is 132 Å². The molecule has 12 nitrogen and oxygen atoms in total. The molecule has 4 atom stereocenters. The highest BCUT2D eigenvalue weighted by Crippen LogP contribution is 2.48. The van der Waals surface area contributed by atoms with E-state index in [0.29, 0.717) is 0 Å². The third kappa shape index (κ3) is 24.9. The molecule has 0 N–H and O–H groups in total. The molecular weight excluding hydrogens is 1370 g/mol. The average molecular weight is 1390 g/mol. The summed E-state index contributed by atoms with van der Waals surface area (Å²) in [6.07, 6.45) is -83.2. The lowest BCUT2D eigenvalue weighted by molar-refractivity contribution is -0.402. The molecule has 4 unspecified atom stereocenters. The fourth-order valence-corrected chi connectivity index (χ4v) is 5.46. The maximum Gasteiger partial charge on any atom is 0.460 e. The topological polar surface area (TPSA) is 126 Å². The zero-order valence-corrected chi connectivity index (χ0v) is 40.6. The Hall–Kier alpha value is -4.11. The first-order valence-corrected chi connectivity index (χ1v) is 21.3. The summed E-state index contributed by atoms with van der Waals surface area (Å²) in [5.41, 5.74) is 0. The van der Waals surface area contributed by atoms with Crippen molar-refractivity contribution in [2.24, 2.45) is 0 Å². The number of hydrogen-bond donors (Lipinski definition) is 0. The lowest BCUT2D eigenvalue weighted by Gasteiger charge is -2.43. The minimum Gasteiger partial charge on any atom is -0.396 e. The van der Waals surface area contributed by atoms with Crippen LogP contribution in [0.3, 0.4) is 0 Å². The second kappa shape index (κ2) is 26.2. The molecule has 0 spiro atoms. The summed E-state index contributed by atoms with van der Waals surface area (Å²) in [5, 5.41) is 0. The first kappa shape index (κ1) is 80.9. The molecule has 0 saturated heterocycles. The van der Waals surface area contributed by atoms with E-state index in [2.05, 4.69) is 47.4 Å². The average Bonchev–Trinajstić information content (AvgIpc) is 0.991. The molecule has 0 aromatic carbocycles. The first-order valence-electron chi connectivity index (χ1n) is 21.3. The Labute approximate surface area is 452 Å². The number of alkyl halides is 39. The Morgan fingerprint density at radius 2 is 0.632 bits per heavy atom. The lowest BCUT2D eigenvalue weighted by Crippen LogP contribution is -2.56. The van der Waals surface area contributed by atoms with E-state index >= 15 is 4.39 Å². The van der Waals surface area contributed by atoms with Crippen LogP contribution in [0.15, 0.2) is 0 Å². The maximum atomic E-state index is 15.0. The van der Waals surface area contributed by atoms with Crippen molar-refractivity contribution in [1.29, 1.82) is 0 Å². The summed E-state index contributed by atoms with van der Waals surface area (Å²) in [5.74, 6) is -60.8. The first-order chi connectivity index (χ1) is 37.8. The Bertz CT molecular complexity index is 2250. The summed E-state index contributed by atoms with van der Waals surface area (Å²) in [6, 6.07) is 0. The van der Waals surface area contributed by atoms with Crippen molar-refractivity contribution >= 4 is 11.9 Å². The van der Waals surface area contributed by atoms with Crippen molar-refractivity contribution in [2.75, 3.05) is 52.9 Å². The second-order valence-corrected chi connectivity index (χ2v) is 17.5. The van der Waals surface area contributed by atoms with Gasteiger partial charge in [-0.15, -0.1) is 0 Å². The Morgan fingerprint density at radius 1 is 0.345 bits per heavy atom. The number of hydrogen-bond acceptors (Lipinski definition) is 12. The van der Waals surface area contributed by atoms with Crippen LogP contribution in [0.4, 0.5) is 171 Å². The molecule has 1 rings (SSSR count).